The second-order valence-corrected chi connectivity index (χ2v) is 5.94. The number of nitrogens with zero attached hydrogens (tertiary/aromatic N) is 1. The molecule has 1 rings (SSSR count). The smallest absolute Gasteiger partial charge is 0.00792 e. The number of hydrogen-bond donors (Lipinski definition) is 1. The predicted molar refractivity (Wildman–Crippen MR) is 71.8 cm³/mol. The van der Waals surface area contributed by atoms with E-state index in [0.717, 1.165) is 11.8 Å². The summed E-state index contributed by atoms with van der Waals surface area (Å²) in [7, 11) is 2.25. The summed E-state index contributed by atoms with van der Waals surface area (Å²) in [6.45, 7) is 10.7. The summed E-state index contributed by atoms with van der Waals surface area (Å²) in [5.41, 5.74) is 0. The van der Waals surface area contributed by atoms with Crippen molar-refractivity contribution in [3.8, 4) is 0 Å². The summed E-state index contributed by atoms with van der Waals surface area (Å²) in [5.74, 6) is 1.70. The molecule has 1 heterocycles. The fourth-order valence-corrected chi connectivity index (χ4v) is 2.62. The SMILES string of the molecule is CC(C)CCCNC(C)C1CCCN(C)C1. The lowest BCUT2D eigenvalue weighted by molar-refractivity contribution is 0.178. The van der Waals surface area contributed by atoms with Crippen molar-refractivity contribution in [2.75, 3.05) is 26.7 Å². The van der Waals surface area contributed by atoms with E-state index in [4.69, 9.17) is 0 Å². The zero-order chi connectivity index (χ0) is 12.0. The molecule has 0 radical (unpaired) electrons. The number of likely N-dealkylation sites (tertiary alicyclic amines) is 1. The molecule has 2 nitrogen and oxygen atoms in total. The molecular formula is C14H30N2. The van der Waals surface area contributed by atoms with Crippen LogP contribution in [-0.4, -0.2) is 37.6 Å². The average Bonchev–Trinajstić information content (AvgIpc) is 2.24. The predicted octanol–water partition coefficient (Wildman–Crippen LogP) is 2.74. The molecule has 96 valence electrons. The van der Waals surface area contributed by atoms with E-state index in [0.29, 0.717) is 6.04 Å². The molecule has 1 aliphatic rings. The van der Waals surface area contributed by atoms with Gasteiger partial charge in [-0.3, -0.25) is 0 Å². The van der Waals surface area contributed by atoms with Crippen molar-refractivity contribution in [1.29, 1.82) is 0 Å². The highest BCUT2D eigenvalue weighted by Crippen LogP contribution is 2.18. The summed E-state index contributed by atoms with van der Waals surface area (Å²) < 4.78 is 0. The van der Waals surface area contributed by atoms with Crippen molar-refractivity contribution >= 4 is 0 Å². The fraction of sp³-hybridized carbons (Fsp3) is 1.00. The molecule has 2 heteroatoms. The Morgan fingerprint density at radius 3 is 2.69 bits per heavy atom. The molecule has 16 heavy (non-hydrogen) atoms. The van der Waals surface area contributed by atoms with Gasteiger partial charge in [0.15, 0.2) is 0 Å². The van der Waals surface area contributed by atoms with Gasteiger partial charge in [0.1, 0.15) is 0 Å². The van der Waals surface area contributed by atoms with E-state index < -0.39 is 0 Å². The van der Waals surface area contributed by atoms with Gasteiger partial charge in [0, 0.05) is 12.6 Å². The quantitative estimate of drug-likeness (QED) is 0.701. The first-order valence-corrected chi connectivity index (χ1v) is 7.01. The highest BCUT2D eigenvalue weighted by Gasteiger charge is 2.21. The second kappa shape index (κ2) is 7.29. The minimum atomic E-state index is 0.690. The third-order valence-electron chi connectivity index (χ3n) is 3.79. The van der Waals surface area contributed by atoms with Crippen LogP contribution in [0.15, 0.2) is 0 Å². The summed E-state index contributed by atoms with van der Waals surface area (Å²) in [5, 5.41) is 3.70. The van der Waals surface area contributed by atoms with Gasteiger partial charge in [-0.05, 0) is 64.6 Å². The average molecular weight is 226 g/mol. The Morgan fingerprint density at radius 2 is 2.06 bits per heavy atom. The van der Waals surface area contributed by atoms with Gasteiger partial charge in [-0.1, -0.05) is 13.8 Å². The van der Waals surface area contributed by atoms with Crippen LogP contribution in [0.4, 0.5) is 0 Å². The topological polar surface area (TPSA) is 15.3 Å². The van der Waals surface area contributed by atoms with Crippen molar-refractivity contribution in [3.63, 3.8) is 0 Å². The molecule has 0 bridgehead atoms. The number of piperidine rings is 1. The molecule has 0 aliphatic carbocycles. The lowest BCUT2D eigenvalue weighted by atomic mass is 9.92. The highest BCUT2D eigenvalue weighted by atomic mass is 15.1. The zero-order valence-electron chi connectivity index (χ0n) is 11.6. The first-order valence-electron chi connectivity index (χ1n) is 7.01. The maximum Gasteiger partial charge on any atom is 0.00792 e. The molecule has 2 atom stereocenters. The van der Waals surface area contributed by atoms with Crippen molar-refractivity contribution in [2.45, 2.75) is 52.5 Å². The molecule has 0 amide bonds. The van der Waals surface area contributed by atoms with Gasteiger partial charge in [-0.25, -0.2) is 0 Å². The molecule has 0 aromatic rings. The number of rotatable bonds is 6. The molecule has 1 N–H and O–H groups in total. The van der Waals surface area contributed by atoms with Crippen LogP contribution in [0.25, 0.3) is 0 Å². The van der Waals surface area contributed by atoms with E-state index in [1.54, 1.807) is 0 Å². The Labute approximate surface area is 102 Å². The van der Waals surface area contributed by atoms with Gasteiger partial charge in [0.2, 0.25) is 0 Å². The van der Waals surface area contributed by atoms with Crippen LogP contribution in [0.5, 0.6) is 0 Å². The lowest BCUT2D eigenvalue weighted by Crippen LogP contribution is -2.43. The van der Waals surface area contributed by atoms with Crippen LogP contribution < -0.4 is 5.32 Å². The van der Waals surface area contributed by atoms with Crippen LogP contribution in [-0.2, 0) is 0 Å². The first-order chi connectivity index (χ1) is 7.59. The van der Waals surface area contributed by atoms with E-state index in [9.17, 15) is 0 Å². The Morgan fingerprint density at radius 1 is 1.31 bits per heavy atom. The molecule has 0 spiro atoms. The molecule has 2 unspecified atom stereocenters. The van der Waals surface area contributed by atoms with Crippen LogP contribution in [0.3, 0.4) is 0 Å². The van der Waals surface area contributed by atoms with Gasteiger partial charge in [0.05, 0.1) is 0 Å². The van der Waals surface area contributed by atoms with E-state index in [-0.39, 0.29) is 0 Å². The van der Waals surface area contributed by atoms with E-state index in [1.165, 1.54) is 45.3 Å². The standard InChI is InChI=1S/C14H30N2/c1-12(2)7-5-9-15-13(3)14-8-6-10-16(4)11-14/h12-15H,5-11H2,1-4H3. The highest BCUT2D eigenvalue weighted by molar-refractivity contribution is 4.78. The lowest BCUT2D eigenvalue weighted by Gasteiger charge is -2.34. The Bertz CT molecular complexity index is 180. The van der Waals surface area contributed by atoms with Gasteiger partial charge in [-0.15, -0.1) is 0 Å². The largest absolute Gasteiger partial charge is 0.314 e. The van der Waals surface area contributed by atoms with Gasteiger partial charge in [-0.2, -0.15) is 0 Å². The normalized spacial score (nSPS) is 24.9. The minimum absolute atomic E-state index is 0.690. The van der Waals surface area contributed by atoms with Crippen LogP contribution in [0.1, 0.15) is 46.5 Å². The summed E-state index contributed by atoms with van der Waals surface area (Å²) >= 11 is 0. The number of hydrogen-bond acceptors (Lipinski definition) is 2. The summed E-state index contributed by atoms with van der Waals surface area (Å²) in [6.07, 6.45) is 5.46. The van der Waals surface area contributed by atoms with Crippen molar-refractivity contribution < 1.29 is 0 Å². The molecular weight excluding hydrogens is 196 g/mol. The molecule has 0 saturated carbocycles. The number of nitrogens with one attached hydrogen (secondary N) is 1. The zero-order valence-corrected chi connectivity index (χ0v) is 11.6. The molecule has 1 aliphatic heterocycles. The van der Waals surface area contributed by atoms with Gasteiger partial charge < -0.3 is 10.2 Å². The first kappa shape index (κ1) is 14.0. The van der Waals surface area contributed by atoms with E-state index in [2.05, 4.69) is 38.0 Å². The maximum atomic E-state index is 3.70. The van der Waals surface area contributed by atoms with Gasteiger partial charge in [0.25, 0.3) is 0 Å². The van der Waals surface area contributed by atoms with Crippen molar-refractivity contribution in [2.24, 2.45) is 11.8 Å². The third kappa shape index (κ3) is 5.31. The van der Waals surface area contributed by atoms with Crippen LogP contribution in [0.2, 0.25) is 0 Å². The molecule has 1 fully saturated rings. The van der Waals surface area contributed by atoms with Crippen molar-refractivity contribution in [1.82, 2.24) is 10.2 Å². The Balaban J connectivity index is 2.11. The van der Waals surface area contributed by atoms with Gasteiger partial charge >= 0.3 is 0 Å². The van der Waals surface area contributed by atoms with Crippen LogP contribution in [0, 0.1) is 11.8 Å². The third-order valence-corrected chi connectivity index (χ3v) is 3.79. The fourth-order valence-electron chi connectivity index (χ4n) is 2.62. The van der Waals surface area contributed by atoms with E-state index >= 15 is 0 Å². The summed E-state index contributed by atoms with van der Waals surface area (Å²) in [6, 6.07) is 0.690. The second-order valence-electron chi connectivity index (χ2n) is 5.94. The molecule has 0 aromatic heterocycles. The van der Waals surface area contributed by atoms with Crippen LogP contribution >= 0.6 is 0 Å². The van der Waals surface area contributed by atoms with Crippen molar-refractivity contribution in [3.05, 3.63) is 0 Å². The summed E-state index contributed by atoms with van der Waals surface area (Å²) in [4.78, 5) is 2.47. The van der Waals surface area contributed by atoms with E-state index in [1.807, 2.05) is 0 Å². The minimum Gasteiger partial charge on any atom is -0.314 e. The monoisotopic (exact) mass is 226 g/mol. The molecule has 0 aromatic carbocycles. The Hall–Kier alpha value is -0.0800. The molecule has 1 saturated heterocycles. The maximum absolute atomic E-state index is 3.70. The Kier molecular flexibility index (Phi) is 6.37.